The Balaban J connectivity index is 1.70. The summed E-state index contributed by atoms with van der Waals surface area (Å²) in [6.07, 6.45) is 3.50. The molecule has 0 saturated carbocycles. The van der Waals surface area contributed by atoms with E-state index in [4.69, 9.17) is 9.47 Å². The third kappa shape index (κ3) is 5.51. The number of hydrogen-bond donors (Lipinski definition) is 1. The highest BCUT2D eigenvalue weighted by Gasteiger charge is 2.36. The van der Waals surface area contributed by atoms with Crippen molar-refractivity contribution in [3.63, 3.8) is 0 Å². The van der Waals surface area contributed by atoms with Gasteiger partial charge in [0, 0.05) is 15.6 Å². The molecule has 0 atom stereocenters. The molecule has 3 aromatic rings. The SMILES string of the molecule is C=CCc1cc(/C=C2\C(=O)NC(=O)N(c3ccc(Br)cc3)C2=O)cc(OC)c1OCc1ccccc1C#N. The van der Waals surface area contributed by atoms with Crippen LogP contribution in [0.25, 0.3) is 6.08 Å². The van der Waals surface area contributed by atoms with Crippen LogP contribution in [0, 0.1) is 11.3 Å². The number of imide groups is 2. The normalized spacial score (nSPS) is 14.2. The first-order valence-corrected chi connectivity index (χ1v) is 12.2. The summed E-state index contributed by atoms with van der Waals surface area (Å²) < 4.78 is 12.4. The maximum absolute atomic E-state index is 13.3. The second kappa shape index (κ2) is 11.6. The summed E-state index contributed by atoms with van der Waals surface area (Å²) in [7, 11) is 1.48. The van der Waals surface area contributed by atoms with Crippen molar-refractivity contribution in [2.75, 3.05) is 12.0 Å². The van der Waals surface area contributed by atoms with Gasteiger partial charge < -0.3 is 9.47 Å². The molecule has 0 aliphatic carbocycles. The topological polar surface area (TPSA) is 109 Å². The summed E-state index contributed by atoms with van der Waals surface area (Å²) in [5, 5.41) is 11.6. The molecule has 1 fully saturated rings. The third-order valence-corrected chi connectivity index (χ3v) is 6.27. The number of ether oxygens (including phenoxy) is 2. The molecule has 3 aromatic carbocycles. The summed E-state index contributed by atoms with van der Waals surface area (Å²) in [5.74, 6) is -0.728. The molecule has 1 heterocycles. The molecule has 1 saturated heterocycles. The highest BCUT2D eigenvalue weighted by atomic mass is 79.9. The van der Waals surface area contributed by atoms with E-state index < -0.39 is 17.8 Å². The number of anilines is 1. The first-order chi connectivity index (χ1) is 18.4. The van der Waals surface area contributed by atoms with Crippen LogP contribution >= 0.6 is 15.9 Å². The van der Waals surface area contributed by atoms with E-state index in [1.54, 1.807) is 54.6 Å². The van der Waals surface area contributed by atoms with Gasteiger partial charge in [0.1, 0.15) is 12.2 Å². The number of barbiturate groups is 1. The Kier molecular flexibility index (Phi) is 8.04. The summed E-state index contributed by atoms with van der Waals surface area (Å²) in [4.78, 5) is 39.3. The van der Waals surface area contributed by atoms with Gasteiger partial charge in [-0.2, -0.15) is 5.26 Å². The van der Waals surface area contributed by atoms with Crippen molar-refractivity contribution in [1.82, 2.24) is 5.32 Å². The Hall–Kier alpha value is -4.68. The van der Waals surface area contributed by atoms with E-state index in [-0.39, 0.29) is 12.2 Å². The molecular formula is C29H22BrN3O5. The molecule has 9 heteroatoms. The number of benzene rings is 3. The number of methoxy groups -OCH3 is 1. The Labute approximate surface area is 227 Å². The maximum atomic E-state index is 13.3. The number of rotatable bonds is 8. The number of nitrogens with one attached hydrogen (secondary N) is 1. The van der Waals surface area contributed by atoms with E-state index in [9.17, 15) is 19.6 Å². The van der Waals surface area contributed by atoms with E-state index in [0.29, 0.717) is 40.3 Å². The number of amides is 4. The number of hydrogen-bond acceptors (Lipinski definition) is 6. The standard InChI is InChI=1S/C29H22BrN3O5/c1-3-6-19-13-18(15-25(37-2)26(19)38-17-21-8-5-4-7-20(21)16-31)14-24-27(34)32-29(36)33(28(24)35)23-11-9-22(30)10-12-23/h3-5,7-15H,1,6,17H2,2H3,(H,32,34,36)/b24-14+. The van der Waals surface area contributed by atoms with Crippen LogP contribution < -0.4 is 19.7 Å². The lowest BCUT2D eigenvalue weighted by Gasteiger charge is -2.26. The maximum Gasteiger partial charge on any atom is 0.335 e. The van der Waals surface area contributed by atoms with E-state index in [0.717, 1.165) is 14.9 Å². The highest BCUT2D eigenvalue weighted by Crippen LogP contribution is 2.35. The summed E-state index contributed by atoms with van der Waals surface area (Å²) >= 11 is 3.32. The van der Waals surface area contributed by atoms with Crippen LogP contribution in [0.1, 0.15) is 22.3 Å². The largest absolute Gasteiger partial charge is 0.493 e. The lowest BCUT2D eigenvalue weighted by molar-refractivity contribution is -0.122. The zero-order valence-corrected chi connectivity index (χ0v) is 21.9. The Morgan fingerprint density at radius 1 is 1.08 bits per heavy atom. The van der Waals surface area contributed by atoms with Crippen LogP contribution in [0.3, 0.4) is 0 Å². The molecule has 8 nitrogen and oxygen atoms in total. The van der Waals surface area contributed by atoms with Crippen LogP contribution in [0.2, 0.25) is 0 Å². The fraction of sp³-hybridized carbons (Fsp3) is 0.103. The van der Waals surface area contributed by atoms with Crippen molar-refractivity contribution in [2.24, 2.45) is 0 Å². The third-order valence-electron chi connectivity index (χ3n) is 5.75. The second-order valence-corrected chi connectivity index (χ2v) is 9.11. The van der Waals surface area contributed by atoms with E-state index in [2.05, 4.69) is 33.9 Å². The molecule has 1 aliphatic rings. The Bertz CT molecular complexity index is 1510. The zero-order valence-electron chi connectivity index (χ0n) is 20.4. The molecule has 4 amide bonds. The average molecular weight is 572 g/mol. The predicted molar refractivity (Wildman–Crippen MR) is 146 cm³/mol. The molecule has 190 valence electrons. The summed E-state index contributed by atoms with van der Waals surface area (Å²) in [5.41, 5.74) is 2.52. The molecule has 1 aliphatic heterocycles. The van der Waals surface area contributed by atoms with Crippen LogP contribution in [0.4, 0.5) is 10.5 Å². The molecule has 0 unspecified atom stereocenters. The van der Waals surface area contributed by atoms with Crippen LogP contribution in [0.15, 0.2) is 83.4 Å². The van der Waals surface area contributed by atoms with Gasteiger partial charge >= 0.3 is 6.03 Å². The number of allylic oxidation sites excluding steroid dienone is 1. The monoisotopic (exact) mass is 571 g/mol. The molecular weight excluding hydrogens is 550 g/mol. The fourth-order valence-corrected chi connectivity index (χ4v) is 4.21. The van der Waals surface area contributed by atoms with Crippen LogP contribution in [0.5, 0.6) is 11.5 Å². The van der Waals surface area contributed by atoms with Gasteiger partial charge in [0.25, 0.3) is 11.8 Å². The van der Waals surface area contributed by atoms with E-state index in [1.165, 1.54) is 13.2 Å². The molecule has 0 spiro atoms. The van der Waals surface area contributed by atoms with Crippen molar-refractivity contribution in [2.45, 2.75) is 13.0 Å². The van der Waals surface area contributed by atoms with Gasteiger partial charge in [0.15, 0.2) is 11.5 Å². The van der Waals surface area contributed by atoms with Crippen molar-refractivity contribution in [3.8, 4) is 17.6 Å². The number of nitriles is 1. The smallest absolute Gasteiger partial charge is 0.335 e. The lowest BCUT2D eigenvalue weighted by Crippen LogP contribution is -2.54. The number of carbonyl (C=O) groups is 3. The van der Waals surface area contributed by atoms with Crippen molar-refractivity contribution in [3.05, 3.63) is 106 Å². The van der Waals surface area contributed by atoms with Crippen molar-refractivity contribution >= 4 is 45.5 Å². The van der Waals surface area contributed by atoms with Gasteiger partial charge in [-0.25, -0.2) is 9.69 Å². The highest BCUT2D eigenvalue weighted by molar-refractivity contribution is 9.10. The predicted octanol–water partition coefficient (Wildman–Crippen LogP) is 5.30. The lowest BCUT2D eigenvalue weighted by atomic mass is 10.0. The summed E-state index contributed by atoms with van der Waals surface area (Å²) in [6.45, 7) is 3.94. The molecule has 0 radical (unpaired) electrons. The van der Waals surface area contributed by atoms with Gasteiger partial charge in [-0.3, -0.25) is 14.9 Å². The van der Waals surface area contributed by atoms with Gasteiger partial charge in [-0.1, -0.05) is 40.2 Å². The van der Waals surface area contributed by atoms with Gasteiger partial charge in [-0.15, -0.1) is 6.58 Å². The molecule has 4 rings (SSSR count). The molecule has 0 bridgehead atoms. The van der Waals surface area contributed by atoms with Crippen LogP contribution in [-0.2, 0) is 22.6 Å². The first-order valence-electron chi connectivity index (χ1n) is 11.5. The molecule has 1 N–H and O–H groups in total. The first kappa shape index (κ1) is 26.4. The Morgan fingerprint density at radius 3 is 2.50 bits per heavy atom. The van der Waals surface area contributed by atoms with Gasteiger partial charge in [0.05, 0.1) is 24.4 Å². The zero-order chi connectivity index (χ0) is 27.2. The Morgan fingerprint density at radius 2 is 1.82 bits per heavy atom. The minimum absolute atomic E-state index is 0.135. The minimum atomic E-state index is -0.828. The van der Waals surface area contributed by atoms with Crippen molar-refractivity contribution in [1.29, 1.82) is 5.26 Å². The van der Waals surface area contributed by atoms with Crippen molar-refractivity contribution < 1.29 is 23.9 Å². The van der Waals surface area contributed by atoms with Crippen LogP contribution in [-0.4, -0.2) is 25.0 Å². The fourth-order valence-electron chi connectivity index (χ4n) is 3.94. The second-order valence-electron chi connectivity index (χ2n) is 8.20. The molecule has 38 heavy (non-hydrogen) atoms. The van der Waals surface area contributed by atoms with Gasteiger partial charge in [-0.05, 0) is 60.5 Å². The number of nitrogens with zero attached hydrogens (tertiary/aromatic N) is 2. The number of halogens is 1. The minimum Gasteiger partial charge on any atom is -0.493 e. The summed E-state index contributed by atoms with van der Waals surface area (Å²) in [6, 6.07) is 18.4. The van der Waals surface area contributed by atoms with E-state index >= 15 is 0 Å². The number of urea groups is 1. The average Bonchev–Trinajstić information content (AvgIpc) is 2.91. The number of carbonyl (C=O) groups excluding carboxylic acids is 3. The molecule has 0 aromatic heterocycles. The quantitative estimate of drug-likeness (QED) is 0.223. The van der Waals surface area contributed by atoms with Gasteiger partial charge in [0.2, 0.25) is 0 Å². The van der Waals surface area contributed by atoms with E-state index in [1.807, 2.05) is 12.1 Å².